The number of carboxylic acid groups (broad SMARTS) is 1. The van der Waals surface area contributed by atoms with Crippen LogP contribution in [0.4, 0.5) is 0 Å². The number of hydrogen-bond acceptors (Lipinski definition) is 3. The minimum atomic E-state index is -0.893. The van der Waals surface area contributed by atoms with Gasteiger partial charge in [-0.25, -0.2) is 4.79 Å². The molecule has 0 aromatic carbocycles. The molecule has 0 atom stereocenters. The first-order valence-electron chi connectivity index (χ1n) is 3.75. The Morgan fingerprint density at radius 3 is 2.75 bits per heavy atom. The lowest BCUT2D eigenvalue weighted by atomic mass is 10.3. The number of hydrogen-bond donors (Lipinski definition) is 2. The monoisotopic (exact) mass is 190 g/mol. The van der Waals surface area contributed by atoms with Crippen LogP contribution in [0.15, 0.2) is 11.6 Å². The molecule has 0 bridgehead atoms. The number of aliphatic hydroxyl groups excluding tert-OH is 1. The highest BCUT2D eigenvalue weighted by Gasteiger charge is 1.94. The summed E-state index contributed by atoms with van der Waals surface area (Å²) in [6.07, 6.45) is 1.98. The molecule has 4 heteroatoms. The summed E-state index contributed by atoms with van der Waals surface area (Å²) in [7, 11) is 0. The molecule has 0 heterocycles. The molecule has 0 aliphatic rings. The van der Waals surface area contributed by atoms with Crippen molar-refractivity contribution in [3.63, 3.8) is 0 Å². The minimum Gasteiger partial charge on any atom is -0.478 e. The van der Waals surface area contributed by atoms with Crippen LogP contribution in [0.25, 0.3) is 0 Å². The highest BCUT2D eigenvalue weighted by molar-refractivity contribution is 7.99. The Bertz CT molecular complexity index is 166. The van der Waals surface area contributed by atoms with Gasteiger partial charge in [-0.1, -0.05) is 5.57 Å². The van der Waals surface area contributed by atoms with Crippen LogP contribution in [-0.2, 0) is 4.79 Å². The molecule has 0 spiro atoms. The zero-order valence-corrected chi connectivity index (χ0v) is 7.93. The van der Waals surface area contributed by atoms with Crippen molar-refractivity contribution in [2.24, 2.45) is 0 Å². The summed E-state index contributed by atoms with van der Waals surface area (Å²) in [5, 5.41) is 16.8. The summed E-state index contributed by atoms with van der Waals surface area (Å²) in [5.74, 6) is 0.711. The van der Waals surface area contributed by atoms with Crippen molar-refractivity contribution in [3.8, 4) is 0 Å². The molecule has 3 nitrogen and oxygen atoms in total. The quantitative estimate of drug-likeness (QED) is 0.487. The number of carboxylic acids is 1. The molecule has 0 aromatic heterocycles. The van der Waals surface area contributed by atoms with Crippen molar-refractivity contribution in [2.75, 3.05) is 18.1 Å². The van der Waals surface area contributed by atoms with Crippen LogP contribution in [0.5, 0.6) is 0 Å². The highest BCUT2D eigenvalue weighted by Crippen LogP contribution is 2.07. The molecule has 0 rings (SSSR count). The maximum absolute atomic E-state index is 10.2. The maximum atomic E-state index is 10.2. The molecule has 0 aliphatic carbocycles. The fourth-order valence-corrected chi connectivity index (χ4v) is 1.54. The average Bonchev–Trinajstić information content (AvgIpc) is 1.97. The minimum absolute atomic E-state index is 0.203. The molecule has 0 saturated heterocycles. The van der Waals surface area contributed by atoms with E-state index in [9.17, 15) is 4.79 Å². The van der Waals surface area contributed by atoms with Gasteiger partial charge in [0.25, 0.3) is 0 Å². The lowest BCUT2D eigenvalue weighted by Gasteiger charge is -1.98. The van der Waals surface area contributed by atoms with E-state index in [1.54, 1.807) is 18.7 Å². The highest BCUT2D eigenvalue weighted by atomic mass is 32.2. The van der Waals surface area contributed by atoms with E-state index in [1.807, 2.05) is 0 Å². The number of thioether (sulfide) groups is 1. The van der Waals surface area contributed by atoms with Gasteiger partial charge in [-0.3, -0.25) is 0 Å². The Morgan fingerprint density at radius 1 is 1.58 bits per heavy atom. The Labute approximate surface area is 76.5 Å². The van der Waals surface area contributed by atoms with E-state index in [0.29, 0.717) is 0 Å². The van der Waals surface area contributed by atoms with Gasteiger partial charge in [0.05, 0.1) is 0 Å². The van der Waals surface area contributed by atoms with Crippen molar-refractivity contribution >= 4 is 17.7 Å². The molecular weight excluding hydrogens is 176 g/mol. The molecule has 0 radical (unpaired) electrons. The van der Waals surface area contributed by atoms with Crippen LogP contribution in [0.2, 0.25) is 0 Å². The Kier molecular flexibility index (Phi) is 6.90. The molecule has 0 aromatic rings. The van der Waals surface area contributed by atoms with Crippen molar-refractivity contribution in [2.45, 2.75) is 13.3 Å². The topological polar surface area (TPSA) is 57.5 Å². The number of rotatable bonds is 6. The standard InChI is InChI=1S/C8H14O3S/c1-7(5-8(10)11)6-12-4-2-3-9/h5,9H,2-4,6H2,1H3,(H,10,11). The van der Waals surface area contributed by atoms with Gasteiger partial charge >= 0.3 is 5.97 Å². The van der Waals surface area contributed by atoms with Gasteiger partial charge < -0.3 is 10.2 Å². The van der Waals surface area contributed by atoms with E-state index in [1.165, 1.54) is 6.08 Å². The Hall–Kier alpha value is -0.480. The van der Waals surface area contributed by atoms with E-state index < -0.39 is 5.97 Å². The van der Waals surface area contributed by atoms with E-state index in [2.05, 4.69) is 0 Å². The average molecular weight is 190 g/mol. The number of aliphatic carboxylic acids is 1. The molecule has 0 aliphatic heterocycles. The van der Waals surface area contributed by atoms with Crippen LogP contribution in [-0.4, -0.2) is 34.3 Å². The second-order valence-corrected chi connectivity index (χ2v) is 3.56. The van der Waals surface area contributed by atoms with Gasteiger partial charge in [-0.2, -0.15) is 11.8 Å². The van der Waals surface area contributed by atoms with Crippen LogP contribution in [0, 0.1) is 0 Å². The zero-order valence-electron chi connectivity index (χ0n) is 7.12. The lowest BCUT2D eigenvalue weighted by Crippen LogP contribution is -1.93. The molecular formula is C8H14O3S. The van der Waals surface area contributed by atoms with Crippen molar-refractivity contribution < 1.29 is 15.0 Å². The first-order chi connectivity index (χ1) is 5.66. The summed E-state index contributed by atoms with van der Waals surface area (Å²) >= 11 is 1.64. The zero-order chi connectivity index (χ0) is 9.40. The third-order valence-corrected chi connectivity index (χ3v) is 2.38. The van der Waals surface area contributed by atoms with Crippen LogP contribution >= 0.6 is 11.8 Å². The van der Waals surface area contributed by atoms with Gasteiger partial charge in [0.1, 0.15) is 0 Å². The lowest BCUT2D eigenvalue weighted by molar-refractivity contribution is -0.131. The fraction of sp³-hybridized carbons (Fsp3) is 0.625. The molecule has 0 amide bonds. The number of aliphatic hydroxyl groups is 1. The SMILES string of the molecule is CC(=CC(=O)O)CSCCCO. The molecule has 0 fully saturated rings. The third-order valence-electron chi connectivity index (χ3n) is 1.15. The van der Waals surface area contributed by atoms with Gasteiger partial charge in [0, 0.05) is 18.4 Å². The third kappa shape index (κ3) is 7.63. The normalized spacial score (nSPS) is 11.7. The second kappa shape index (κ2) is 7.18. The van der Waals surface area contributed by atoms with Crippen molar-refractivity contribution in [1.29, 1.82) is 0 Å². The summed E-state index contributed by atoms with van der Waals surface area (Å²) in [6.45, 7) is 1.99. The van der Waals surface area contributed by atoms with Crippen LogP contribution < -0.4 is 0 Å². The van der Waals surface area contributed by atoms with Crippen molar-refractivity contribution in [1.82, 2.24) is 0 Å². The summed E-state index contributed by atoms with van der Waals surface area (Å²) in [4.78, 5) is 10.2. The molecule has 70 valence electrons. The second-order valence-electron chi connectivity index (χ2n) is 2.46. The summed E-state index contributed by atoms with van der Waals surface area (Å²) in [6, 6.07) is 0. The largest absolute Gasteiger partial charge is 0.478 e. The summed E-state index contributed by atoms with van der Waals surface area (Å²) < 4.78 is 0. The molecule has 0 saturated carbocycles. The van der Waals surface area contributed by atoms with Crippen LogP contribution in [0.1, 0.15) is 13.3 Å². The smallest absolute Gasteiger partial charge is 0.328 e. The van der Waals surface area contributed by atoms with Gasteiger partial charge in [-0.05, 0) is 19.1 Å². The van der Waals surface area contributed by atoms with Crippen LogP contribution in [0.3, 0.4) is 0 Å². The molecule has 2 N–H and O–H groups in total. The first kappa shape index (κ1) is 11.5. The Morgan fingerprint density at radius 2 is 2.25 bits per heavy atom. The Balaban J connectivity index is 3.43. The van der Waals surface area contributed by atoms with E-state index in [4.69, 9.17) is 10.2 Å². The van der Waals surface area contributed by atoms with Gasteiger partial charge in [0.15, 0.2) is 0 Å². The maximum Gasteiger partial charge on any atom is 0.328 e. The fourth-order valence-electron chi connectivity index (χ4n) is 0.652. The predicted octanol–water partition coefficient (Wildman–Crippen LogP) is 1.13. The van der Waals surface area contributed by atoms with E-state index in [0.717, 1.165) is 23.5 Å². The van der Waals surface area contributed by atoms with Gasteiger partial charge in [0.2, 0.25) is 0 Å². The van der Waals surface area contributed by atoms with E-state index >= 15 is 0 Å². The van der Waals surface area contributed by atoms with Crippen molar-refractivity contribution in [3.05, 3.63) is 11.6 Å². The molecule has 12 heavy (non-hydrogen) atoms. The first-order valence-corrected chi connectivity index (χ1v) is 4.91. The van der Waals surface area contributed by atoms with Gasteiger partial charge in [-0.15, -0.1) is 0 Å². The van der Waals surface area contributed by atoms with E-state index in [-0.39, 0.29) is 6.61 Å². The summed E-state index contributed by atoms with van der Waals surface area (Å²) in [5.41, 5.74) is 0.852. The number of carbonyl (C=O) groups is 1. The molecule has 0 unspecified atom stereocenters. The predicted molar refractivity (Wildman–Crippen MR) is 50.4 cm³/mol.